The van der Waals surface area contributed by atoms with Crippen LogP contribution >= 0.6 is 11.8 Å². The molecule has 32 heavy (non-hydrogen) atoms. The number of carbonyl (C=O) groups is 1. The highest BCUT2D eigenvalue weighted by molar-refractivity contribution is 8.26. The van der Waals surface area contributed by atoms with Crippen molar-refractivity contribution in [2.24, 2.45) is 10.1 Å². The number of hydrogen-bond donors (Lipinski definition) is 1. The average Bonchev–Trinajstić information content (AvgIpc) is 3.26. The van der Waals surface area contributed by atoms with Gasteiger partial charge in [-0.3, -0.25) is 20.3 Å². The van der Waals surface area contributed by atoms with E-state index in [4.69, 9.17) is 5.41 Å². The Morgan fingerprint density at radius 2 is 2.00 bits per heavy atom. The lowest BCUT2D eigenvalue weighted by Gasteiger charge is -2.20. The number of fused-ring (bicyclic) bond motifs is 1. The fourth-order valence-electron chi connectivity index (χ4n) is 3.76. The first kappa shape index (κ1) is 21.7. The van der Waals surface area contributed by atoms with Gasteiger partial charge in [-0.2, -0.15) is 15.1 Å². The van der Waals surface area contributed by atoms with E-state index in [1.807, 2.05) is 38.3 Å². The zero-order valence-electron chi connectivity index (χ0n) is 18.2. The van der Waals surface area contributed by atoms with Crippen molar-refractivity contribution in [3.05, 3.63) is 62.5 Å². The van der Waals surface area contributed by atoms with Crippen LogP contribution in [0.2, 0.25) is 0 Å². The van der Waals surface area contributed by atoms with Crippen LogP contribution in [0.3, 0.4) is 0 Å². The molecule has 1 amide bonds. The van der Waals surface area contributed by atoms with Gasteiger partial charge in [0.25, 0.3) is 11.6 Å². The van der Waals surface area contributed by atoms with Crippen LogP contribution in [0.1, 0.15) is 42.3 Å². The Hall–Kier alpha value is -3.53. The summed E-state index contributed by atoms with van der Waals surface area (Å²) in [6.45, 7) is 7.72. The van der Waals surface area contributed by atoms with Gasteiger partial charge in [0.15, 0.2) is 5.84 Å². The smallest absolute Gasteiger partial charge is 0.283 e. The molecule has 2 aromatic rings. The van der Waals surface area contributed by atoms with Crippen molar-refractivity contribution in [3.63, 3.8) is 0 Å². The molecule has 0 radical (unpaired) electrons. The highest BCUT2D eigenvalue weighted by Gasteiger charge is 2.35. The second kappa shape index (κ2) is 8.19. The lowest BCUT2D eigenvalue weighted by atomic mass is 10.1. The number of nitro benzene ring substituents is 1. The van der Waals surface area contributed by atoms with Crippen molar-refractivity contribution in [1.29, 1.82) is 5.41 Å². The van der Waals surface area contributed by atoms with Crippen molar-refractivity contribution >= 4 is 45.5 Å². The molecule has 0 aliphatic carbocycles. The maximum atomic E-state index is 12.7. The van der Waals surface area contributed by atoms with Crippen LogP contribution in [0.15, 0.2) is 39.9 Å². The number of aliphatic imine (C=N–C) groups is 1. The van der Waals surface area contributed by atoms with E-state index in [9.17, 15) is 14.9 Å². The lowest BCUT2D eigenvalue weighted by Crippen LogP contribution is -2.35. The van der Waals surface area contributed by atoms with E-state index >= 15 is 0 Å². The molecule has 0 unspecified atom stereocenters. The average molecular weight is 451 g/mol. The Bertz CT molecular complexity index is 1270. The predicted molar refractivity (Wildman–Crippen MR) is 127 cm³/mol. The number of aromatic nitrogens is 1. The molecule has 0 bridgehead atoms. The minimum absolute atomic E-state index is 0.00469. The molecular formula is C22H22N6O3S. The van der Waals surface area contributed by atoms with E-state index in [-0.39, 0.29) is 17.1 Å². The van der Waals surface area contributed by atoms with Gasteiger partial charge >= 0.3 is 0 Å². The number of benzene rings is 1. The number of hydrazone groups is 1. The Morgan fingerprint density at radius 3 is 2.69 bits per heavy atom. The zero-order chi connectivity index (χ0) is 23.2. The summed E-state index contributed by atoms with van der Waals surface area (Å²) in [4.78, 5) is 27.7. The number of nitrogens with one attached hydrogen (secondary N) is 1. The van der Waals surface area contributed by atoms with Gasteiger partial charge in [-0.05, 0) is 68.6 Å². The molecule has 0 atom stereocenters. The molecule has 9 nitrogen and oxygen atoms in total. The summed E-state index contributed by atoms with van der Waals surface area (Å²) in [5.41, 5.74) is 4.16. The molecule has 0 saturated carbocycles. The lowest BCUT2D eigenvalue weighted by molar-refractivity contribution is -0.384. The maximum Gasteiger partial charge on any atom is 0.283 e. The third kappa shape index (κ3) is 3.66. The molecular weight excluding hydrogens is 428 g/mol. The fourth-order valence-corrected chi connectivity index (χ4v) is 4.75. The number of rotatable bonds is 5. The third-order valence-electron chi connectivity index (χ3n) is 5.37. The van der Waals surface area contributed by atoms with E-state index in [2.05, 4.69) is 10.1 Å². The number of amides is 1. The van der Waals surface area contributed by atoms with Crippen molar-refractivity contribution in [1.82, 2.24) is 9.58 Å². The van der Waals surface area contributed by atoms with E-state index < -0.39 is 10.8 Å². The molecule has 0 fully saturated rings. The molecule has 10 heteroatoms. The largest absolute Gasteiger partial charge is 0.317 e. The first-order valence-electron chi connectivity index (χ1n) is 10.1. The predicted octanol–water partition coefficient (Wildman–Crippen LogP) is 4.73. The van der Waals surface area contributed by atoms with E-state index in [1.165, 1.54) is 22.8 Å². The van der Waals surface area contributed by atoms with Gasteiger partial charge in [-0.25, -0.2) is 0 Å². The van der Waals surface area contributed by atoms with E-state index in [0.29, 0.717) is 10.9 Å². The number of hydrogen-bond acceptors (Lipinski definition) is 6. The zero-order valence-corrected chi connectivity index (χ0v) is 19.0. The molecule has 0 saturated heterocycles. The summed E-state index contributed by atoms with van der Waals surface area (Å²) in [6, 6.07) is 6.64. The van der Waals surface area contributed by atoms with Crippen molar-refractivity contribution < 1.29 is 9.72 Å². The van der Waals surface area contributed by atoms with Crippen molar-refractivity contribution in [2.75, 3.05) is 0 Å². The highest BCUT2D eigenvalue weighted by atomic mass is 32.2. The molecule has 1 aromatic heterocycles. The second-order valence-corrected chi connectivity index (χ2v) is 8.69. The number of aryl methyl sites for hydroxylation is 2. The Balaban J connectivity index is 1.76. The molecule has 1 N–H and O–H groups in total. The normalized spacial score (nSPS) is 17.0. The Kier molecular flexibility index (Phi) is 5.55. The molecule has 3 heterocycles. The molecule has 1 aromatic carbocycles. The summed E-state index contributed by atoms with van der Waals surface area (Å²) in [6.07, 6.45) is 3.33. The standard InChI is InChI=1S/C22H22N6O3S/c1-5-6-19-25-27-20(23)17(21(29)24-22(27)32-19)10-15-9-13(3)26(14(15)4)18-11-16(28(30)31)8-7-12(18)2/h7-11,23H,5-6H2,1-4H3/b17-10+,23-20?. The fraction of sp³-hybridized carbons (Fsp3) is 0.273. The van der Waals surface area contributed by atoms with Gasteiger partial charge in [0, 0.05) is 23.5 Å². The van der Waals surface area contributed by atoms with Gasteiger partial charge in [0.05, 0.1) is 16.2 Å². The van der Waals surface area contributed by atoms with Crippen LogP contribution in [-0.4, -0.2) is 36.5 Å². The van der Waals surface area contributed by atoms with Crippen molar-refractivity contribution in [2.45, 2.75) is 40.5 Å². The summed E-state index contributed by atoms with van der Waals surface area (Å²) in [5.74, 6) is -0.479. The van der Waals surface area contributed by atoms with Crippen LogP contribution in [0.25, 0.3) is 11.8 Å². The minimum atomic E-state index is -0.474. The first-order chi connectivity index (χ1) is 15.2. The third-order valence-corrected chi connectivity index (χ3v) is 6.34. The van der Waals surface area contributed by atoms with Crippen LogP contribution in [-0.2, 0) is 4.79 Å². The maximum absolute atomic E-state index is 12.7. The summed E-state index contributed by atoms with van der Waals surface area (Å²) in [5, 5.41) is 26.9. The molecule has 4 rings (SSSR count). The Labute approximate surface area is 189 Å². The van der Waals surface area contributed by atoms with E-state index in [0.717, 1.165) is 40.4 Å². The first-order valence-corrected chi connectivity index (χ1v) is 11.0. The van der Waals surface area contributed by atoms with Crippen LogP contribution < -0.4 is 0 Å². The summed E-state index contributed by atoms with van der Waals surface area (Å²) in [7, 11) is 0. The number of thioether (sulfide) groups is 1. The van der Waals surface area contributed by atoms with E-state index in [1.54, 1.807) is 18.2 Å². The Morgan fingerprint density at radius 1 is 1.25 bits per heavy atom. The molecule has 2 aliphatic rings. The number of nitro groups is 1. The summed E-state index contributed by atoms with van der Waals surface area (Å²) >= 11 is 1.33. The molecule has 2 aliphatic heterocycles. The quantitative estimate of drug-likeness (QED) is 0.401. The summed E-state index contributed by atoms with van der Waals surface area (Å²) < 4.78 is 1.92. The van der Waals surface area contributed by atoms with Gasteiger partial charge in [0.1, 0.15) is 5.04 Å². The number of carbonyl (C=O) groups excluding carboxylic acids is 1. The topological polar surface area (TPSA) is 117 Å². The number of nitrogens with zero attached hydrogens (tertiary/aromatic N) is 5. The SMILES string of the molecule is CCCC1=NN2C(=N)/C(=C\c3cc(C)n(-c4cc([N+](=O)[O-])ccc4C)c3C)C(=O)N=C2S1. The van der Waals surface area contributed by atoms with Gasteiger partial charge in [-0.15, -0.1) is 0 Å². The van der Waals surface area contributed by atoms with Gasteiger partial charge < -0.3 is 4.57 Å². The van der Waals surface area contributed by atoms with Crippen LogP contribution in [0.4, 0.5) is 5.69 Å². The number of non-ortho nitro benzene ring substituents is 1. The second-order valence-electron chi connectivity index (χ2n) is 7.65. The van der Waals surface area contributed by atoms with Crippen molar-refractivity contribution in [3.8, 4) is 5.69 Å². The van der Waals surface area contributed by atoms with Crippen LogP contribution in [0, 0.1) is 36.3 Å². The molecule has 164 valence electrons. The van der Waals surface area contributed by atoms with Crippen LogP contribution in [0.5, 0.6) is 0 Å². The monoisotopic (exact) mass is 450 g/mol. The van der Waals surface area contributed by atoms with Gasteiger partial charge in [-0.1, -0.05) is 13.0 Å². The minimum Gasteiger partial charge on any atom is -0.317 e. The molecule has 0 spiro atoms. The van der Waals surface area contributed by atoms with Gasteiger partial charge in [0.2, 0.25) is 5.17 Å². The number of amidine groups is 2. The highest BCUT2D eigenvalue weighted by Crippen LogP contribution is 2.32.